The molecule has 3 aromatic rings. The molecule has 0 saturated carbocycles. The average molecular weight is 612 g/mol. The van der Waals surface area contributed by atoms with Gasteiger partial charge in [0.1, 0.15) is 10.8 Å². The Balaban J connectivity index is 1.62. The highest BCUT2D eigenvalue weighted by Gasteiger charge is 2.29. The van der Waals surface area contributed by atoms with Crippen LogP contribution in [-0.4, -0.2) is 54.9 Å². The Labute approximate surface area is 257 Å². The number of nitrogens with one attached hydrogen (secondary N) is 2. The van der Waals surface area contributed by atoms with Crippen molar-refractivity contribution < 1.29 is 8.95 Å². The summed E-state index contributed by atoms with van der Waals surface area (Å²) in [4.78, 5) is 12.3. The molecule has 42 heavy (non-hydrogen) atoms. The van der Waals surface area contributed by atoms with Gasteiger partial charge in [0.15, 0.2) is 5.82 Å². The van der Waals surface area contributed by atoms with Crippen molar-refractivity contribution in [2.24, 2.45) is 0 Å². The maximum atomic E-state index is 13.4. The summed E-state index contributed by atoms with van der Waals surface area (Å²) in [5, 5.41) is 6.86. The molecule has 1 aliphatic heterocycles. The van der Waals surface area contributed by atoms with Gasteiger partial charge >= 0.3 is 0 Å². The minimum absolute atomic E-state index is 0.00202. The van der Waals surface area contributed by atoms with Crippen LogP contribution in [-0.2, 0) is 9.52 Å². The second kappa shape index (κ2) is 12.8. The minimum atomic E-state index is -2.53. The molecular weight excluding hydrogens is 566 g/mol. The molecular formula is C33H46ClN5O2S. The van der Waals surface area contributed by atoms with Crippen LogP contribution in [0, 0.1) is 6.92 Å². The largest absolute Gasteiger partial charge is 0.489 e. The van der Waals surface area contributed by atoms with Crippen molar-refractivity contribution in [3.63, 3.8) is 0 Å². The monoisotopic (exact) mass is 611 g/mol. The molecule has 1 atom stereocenters. The Morgan fingerprint density at radius 3 is 2.36 bits per heavy atom. The molecule has 7 nitrogen and oxygen atoms in total. The number of benzene rings is 2. The van der Waals surface area contributed by atoms with E-state index in [2.05, 4.69) is 71.2 Å². The summed E-state index contributed by atoms with van der Waals surface area (Å²) in [5.74, 6) is 6.07. The number of para-hydroxylation sites is 1. The smallest absolute Gasteiger partial charge is 0.229 e. The quantitative estimate of drug-likeness (QED) is 0.236. The van der Waals surface area contributed by atoms with Crippen LogP contribution in [0.25, 0.3) is 0 Å². The van der Waals surface area contributed by atoms with Gasteiger partial charge < -0.3 is 15.4 Å². The molecule has 0 spiro atoms. The first-order chi connectivity index (χ1) is 19.7. The third kappa shape index (κ3) is 7.39. The highest BCUT2D eigenvalue weighted by molar-refractivity contribution is 8.01. The number of aryl methyl sites for hydroxylation is 1. The number of likely N-dealkylation sites (tertiary alicyclic amines) is 1. The summed E-state index contributed by atoms with van der Waals surface area (Å²) in [6, 6.07) is 11.7. The van der Waals surface area contributed by atoms with Crippen molar-refractivity contribution >= 4 is 50.1 Å². The average Bonchev–Trinajstić information content (AvgIpc) is 2.91. The molecule has 9 heteroatoms. The highest BCUT2D eigenvalue weighted by atomic mass is 35.5. The fraction of sp³-hybridized carbons (Fsp3) is 0.485. The first-order valence-corrected chi connectivity index (χ1v) is 16.9. The highest BCUT2D eigenvalue weighted by Crippen LogP contribution is 2.39. The van der Waals surface area contributed by atoms with Gasteiger partial charge in [-0.25, -0.2) is 4.98 Å². The van der Waals surface area contributed by atoms with Crippen LogP contribution in [0.3, 0.4) is 0 Å². The van der Waals surface area contributed by atoms with Gasteiger partial charge in [-0.15, -0.1) is 0 Å². The van der Waals surface area contributed by atoms with Crippen molar-refractivity contribution in [2.75, 3.05) is 23.7 Å². The number of halogens is 1. The summed E-state index contributed by atoms with van der Waals surface area (Å²) in [6.45, 7) is 19.1. The predicted molar refractivity (Wildman–Crippen MR) is 179 cm³/mol. The number of nitrogens with zero attached hydrogens (tertiary/aromatic N) is 3. The molecule has 0 bridgehead atoms. The van der Waals surface area contributed by atoms with Gasteiger partial charge in [-0.3, -0.25) is 9.11 Å². The summed E-state index contributed by atoms with van der Waals surface area (Å²) < 4.78 is 19.7. The summed E-state index contributed by atoms with van der Waals surface area (Å²) in [5.41, 5.74) is 4.19. The molecule has 1 aromatic heterocycles. The predicted octanol–water partition coefficient (Wildman–Crippen LogP) is 8.17. The van der Waals surface area contributed by atoms with Gasteiger partial charge in [-0.05, 0) is 115 Å². The van der Waals surface area contributed by atoms with Crippen molar-refractivity contribution in [1.82, 2.24) is 14.9 Å². The number of rotatable bonds is 9. The molecule has 0 amide bonds. The van der Waals surface area contributed by atoms with E-state index in [1.807, 2.05) is 52.0 Å². The lowest BCUT2D eigenvalue weighted by molar-refractivity contribution is 0.102. The number of anilines is 4. The van der Waals surface area contributed by atoms with E-state index in [4.69, 9.17) is 16.3 Å². The van der Waals surface area contributed by atoms with Crippen LogP contribution >= 0.6 is 11.6 Å². The van der Waals surface area contributed by atoms with E-state index in [1.165, 1.54) is 11.1 Å². The van der Waals surface area contributed by atoms with E-state index in [0.717, 1.165) is 37.4 Å². The second-order valence-electron chi connectivity index (χ2n) is 12.7. The number of hydrogen-bond acceptors (Lipinski definition) is 7. The van der Waals surface area contributed by atoms with Crippen LogP contribution in [0.2, 0.25) is 5.02 Å². The maximum absolute atomic E-state index is 13.4. The van der Waals surface area contributed by atoms with Gasteiger partial charge in [-0.1, -0.05) is 37.6 Å². The molecule has 1 fully saturated rings. The van der Waals surface area contributed by atoms with Gasteiger partial charge in [-0.2, -0.15) is 4.98 Å². The fourth-order valence-corrected chi connectivity index (χ4v) is 6.79. The Kier molecular flexibility index (Phi) is 9.80. The Morgan fingerprint density at radius 2 is 1.74 bits per heavy atom. The Bertz CT molecular complexity index is 1510. The first kappa shape index (κ1) is 32.1. The zero-order chi connectivity index (χ0) is 30.8. The molecule has 4 rings (SSSR count). The van der Waals surface area contributed by atoms with Crippen molar-refractivity contribution in [3.8, 4) is 5.75 Å². The molecule has 0 aliphatic carbocycles. The molecule has 2 heterocycles. The van der Waals surface area contributed by atoms with Gasteiger partial charge in [0.05, 0.1) is 28.6 Å². The van der Waals surface area contributed by atoms with Crippen LogP contribution in [0.15, 0.2) is 47.5 Å². The van der Waals surface area contributed by atoms with E-state index in [-0.39, 0.29) is 16.9 Å². The normalized spacial score (nSPS) is 16.5. The number of hydrogen-bond donors (Lipinski definition) is 2. The number of piperidine rings is 1. The van der Waals surface area contributed by atoms with E-state index in [0.29, 0.717) is 33.3 Å². The van der Waals surface area contributed by atoms with E-state index in [9.17, 15) is 4.21 Å². The van der Waals surface area contributed by atoms with Crippen LogP contribution in [0.4, 0.5) is 23.1 Å². The second-order valence-corrected chi connectivity index (χ2v) is 16.0. The zero-order valence-electron chi connectivity index (χ0n) is 26.3. The number of ether oxygens (including phenoxy) is 1. The molecule has 228 valence electrons. The van der Waals surface area contributed by atoms with E-state index in [1.54, 1.807) is 6.20 Å². The first-order valence-electron chi connectivity index (χ1n) is 14.7. The van der Waals surface area contributed by atoms with E-state index >= 15 is 0 Å². The molecule has 2 aromatic carbocycles. The third-order valence-corrected chi connectivity index (χ3v) is 10.8. The van der Waals surface area contributed by atoms with Crippen molar-refractivity contribution in [3.05, 3.63) is 58.7 Å². The lowest BCUT2D eigenvalue weighted by Crippen LogP contribution is -2.45. The lowest BCUT2D eigenvalue weighted by atomic mass is 9.85. The van der Waals surface area contributed by atoms with Crippen molar-refractivity contribution in [1.29, 1.82) is 0 Å². The summed E-state index contributed by atoms with van der Waals surface area (Å²) >= 11 is 6.52. The van der Waals surface area contributed by atoms with Gasteiger partial charge in [0.25, 0.3) is 0 Å². The fourth-order valence-electron chi connectivity index (χ4n) is 5.34. The lowest BCUT2D eigenvalue weighted by Gasteiger charge is -2.41. The molecule has 1 saturated heterocycles. The Hall–Kier alpha value is -2.81. The van der Waals surface area contributed by atoms with Crippen molar-refractivity contribution in [2.45, 2.75) is 95.9 Å². The molecule has 2 N–H and O–H groups in total. The summed E-state index contributed by atoms with van der Waals surface area (Å²) in [7, 11) is -2.53. The van der Waals surface area contributed by atoms with Crippen LogP contribution in [0.1, 0.15) is 78.4 Å². The van der Waals surface area contributed by atoms with Crippen LogP contribution in [0.5, 0.6) is 5.75 Å². The summed E-state index contributed by atoms with van der Waals surface area (Å²) in [6.07, 6.45) is 3.81. The third-order valence-electron chi connectivity index (χ3n) is 7.88. The van der Waals surface area contributed by atoms with Gasteiger partial charge in [0.2, 0.25) is 5.95 Å². The van der Waals surface area contributed by atoms with Gasteiger partial charge in [0, 0.05) is 20.3 Å². The maximum Gasteiger partial charge on any atom is 0.229 e. The standard InChI is InChI=1S/C33H46ClN5O2S/c1-21(2)41-29-19-25(24-14-16-39(17-15-24)33(6,7)8)23(5)18-28(29)37-32-35-20-26(34)31(38-32)36-27-12-10-11-13-30(27)42(9,40)22(3)4/h10-13,18-22,24H,9,14-17H2,1-8H3,(H2,35,36,37,38). The molecule has 1 unspecified atom stereocenters. The zero-order valence-corrected chi connectivity index (χ0v) is 27.8. The minimum Gasteiger partial charge on any atom is -0.489 e. The molecule has 0 radical (unpaired) electrons. The number of aromatic nitrogens is 2. The Morgan fingerprint density at radius 1 is 1.07 bits per heavy atom. The van der Waals surface area contributed by atoms with Crippen LogP contribution < -0.4 is 15.4 Å². The topological polar surface area (TPSA) is 79.4 Å². The molecule has 1 aliphatic rings. The van der Waals surface area contributed by atoms with E-state index < -0.39 is 9.52 Å². The SMILES string of the molecule is C=S(=O)(c1ccccc1Nc1nc(Nc2cc(C)c(C3CCN(C(C)(C)C)CC3)cc2OC(C)C)ncc1Cl)C(C)C.